The van der Waals surface area contributed by atoms with Crippen LogP contribution in [0.2, 0.25) is 0 Å². The Bertz CT molecular complexity index is 864. The molecule has 4 rings (SSSR count). The van der Waals surface area contributed by atoms with Crippen LogP contribution in [0.15, 0.2) is 11.6 Å². The van der Waals surface area contributed by atoms with E-state index in [-0.39, 0.29) is 30.2 Å². The van der Waals surface area contributed by atoms with Gasteiger partial charge in [0.25, 0.3) is 0 Å². The van der Waals surface area contributed by atoms with Gasteiger partial charge in [-0.15, -0.1) is 0 Å². The maximum Gasteiger partial charge on any atom is 0.303 e. The molecule has 210 valence electrons. The second-order valence-electron chi connectivity index (χ2n) is 14.3. The van der Waals surface area contributed by atoms with Crippen LogP contribution < -0.4 is 0 Å². The molecule has 0 saturated heterocycles. The average Bonchev–Trinajstić information content (AvgIpc) is 3.20. The van der Waals surface area contributed by atoms with Crippen molar-refractivity contribution in [2.24, 2.45) is 46.3 Å². The van der Waals surface area contributed by atoms with E-state index in [9.17, 15) is 9.59 Å². The zero-order valence-electron chi connectivity index (χ0n) is 24.7. The first-order valence-corrected chi connectivity index (χ1v) is 15.7. The minimum absolute atomic E-state index is 0.0146. The average molecular weight is 514 g/mol. The van der Waals surface area contributed by atoms with Crippen molar-refractivity contribution in [1.29, 1.82) is 0 Å². The minimum atomic E-state index is -0.884. The molecular weight excluding hydrogens is 458 g/mol. The standard InChI is InChI=1S/C33H55NO3/c1-7-34(30(35)15-16-31(36)37)25-17-19-32(5)24(21-25)11-12-26-28-14-13-27(23(4)10-8-9-22(2)3)33(28,6)20-18-29(26)32/h11,22-23,25-29H,7-10,12-21H2,1-6H3,(H,36,37)/t23-,25+,26+,27?,28+,29+,32+,33-/m1/s1. The predicted molar refractivity (Wildman–Crippen MR) is 151 cm³/mol. The molecule has 0 spiro atoms. The van der Waals surface area contributed by atoms with Crippen LogP contribution in [0.5, 0.6) is 0 Å². The normalized spacial score (nSPS) is 37.8. The summed E-state index contributed by atoms with van der Waals surface area (Å²) in [6.45, 7) is 15.2. The quantitative estimate of drug-likeness (QED) is 0.300. The van der Waals surface area contributed by atoms with E-state index in [0.29, 0.717) is 12.0 Å². The van der Waals surface area contributed by atoms with Gasteiger partial charge in [0.1, 0.15) is 0 Å². The zero-order valence-corrected chi connectivity index (χ0v) is 24.7. The molecule has 0 radical (unpaired) electrons. The molecule has 4 aliphatic carbocycles. The Morgan fingerprint density at radius 1 is 1.03 bits per heavy atom. The van der Waals surface area contributed by atoms with Crippen molar-refractivity contribution in [2.75, 3.05) is 6.54 Å². The maximum atomic E-state index is 12.8. The van der Waals surface area contributed by atoms with E-state index < -0.39 is 5.97 Å². The highest BCUT2D eigenvalue weighted by Crippen LogP contribution is 2.67. The Morgan fingerprint density at radius 3 is 2.46 bits per heavy atom. The molecular formula is C33H55NO3. The lowest BCUT2D eigenvalue weighted by Crippen LogP contribution is -2.52. The topological polar surface area (TPSA) is 57.6 Å². The number of allylic oxidation sites excluding steroid dienone is 1. The first-order valence-electron chi connectivity index (χ1n) is 15.7. The predicted octanol–water partition coefficient (Wildman–Crippen LogP) is 8.11. The molecule has 1 N–H and O–H groups in total. The number of rotatable bonds is 10. The summed E-state index contributed by atoms with van der Waals surface area (Å²) in [5, 5.41) is 9.03. The molecule has 0 heterocycles. The number of nitrogens with zero attached hydrogens (tertiary/aromatic N) is 1. The highest BCUT2D eigenvalue weighted by Gasteiger charge is 2.59. The van der Waals surface area contributed by atoms with Crippen LogP contribution in [0.4, 0.5) is 0 Å². The van der Waals surface area contributed by atoms with Crippen LogP contribution >= 0.6 is 0 Å². The fraction of sp³-hybridized carbons (Fsp3) is 0.879. The minimum Gasteiger partial charge on any atom is -0.481 e. The molecule has 0 aromatic heterocycles. The lowest BCUT2D eigenvalue weighted by atomic mass is 9.46. The largest absolute Gasteiger partial charge is 0.481 e. The molecule has 3 fully saturated rings. The number of hydrogen-bond acceptors (Lipinski definition) is 2. The summed E-state index contributed by atoms with van der Waals surface area (Å²) in [6.07, 6.45) is 16.9. The van der Waals surface area contributed by atoms with E-state index in [0.717, 1.165) is 48.3 Å². The summed E-state index contributed by atoms with van der Waals surface area (Å²) in [4.78, 5) is 25.8. The van der Waals surface area contributed by atoms with Gasteiger partial charge in [-0.05, 0) is 105 Å². The Morgan fingerprint density at radius 2 is 1.78 bits per heavy atom. The summed E-state index contributed by atoms with van der Waals surface area (Å²) < 4.78 is 0. The monoisotopic (exact) mass is 513 g/mol. The van der Waals surface area contributed by atoms with Crippen molar-refractivity contribution in [3.05, 3.63) is 11.6 Å². The summed E-state index contributed by atoms with van der Waals surface area (Å²) >= 11 is 0. The van der Waals surface area contributed by atoms with Crippen molar-refractivity contribution in [3.8, 4) is 0 Å². The number of carboxylic acid groups (broad SMARTS) is 1. The smallest absolute Gasteiger partial charge is 0.303 e. The van der Waals surface area contributed by atoms with Gasteiger partial charge in [0.15, 0.2) is 0 Å². The molecule has 4 aliphatic rings. The van der Waals surface area contributed by atoms with E-state index in [2.05, 4.69) is 40.7 Å². The Kier molecular flexibility index (Phi) is 8.86. The van der Waals surface area contributed by atoms with Crippen LogP contribution in [-0.2, 0) is 9.59 Å². The zero-order chi connectivity index (χ0) is 27.0. The molecule has 8 atom stereocenters. The van der Waals surface area contributed by atoms with Gasteiger partial charge in [0, 0.05) is 19.0 Å². The molecule has 4 heteroatoms. The summed E-state index contributed by atoms with van der Waals surface area (Å²) in [5.74, 6) is 4.20. The fourth-order valence-electron chi connectivity index (χ4n) is 9.93. The highest BCUT2D eigenvalue weighted by atomic mass is 16.4. The van der Waals surface area contributed by atoms with E-state index in [1.807, 2.05) is 11.8 Å². The lowest BCUT2D eigenvalue weighted by Gasteiger charge is -2.59. The van der Waals surface area contributed by atoms with Gasteiger partial charge in [-0.3, -0.25) is 9.59 Å². The third-order valence-electron chi connectivity index (χ3n) is 11.9. The summed E-state index contributed by atoms with van der Waals surface area (Å²) in [7, 11) is 0. The van der Waals surface area contributed by atoms with Crippen molar-refractivity contribution >= 4 is 11.9 Å². The maximum absolute atomic E-state index is 12.8. The summed E-state index contributed by atoms with van der Waals surface area (Å²) in [6, 6.07) is 0.235. The van der Waals surface area contributed by atoms with Crippen LogP contribution in [-0.4, -0.2) is 34.5 Å². The van der Waals surface area contributed by atoms with Crippen molar-refractivity contribution < 1.29 is 14.7 Å². The van der Waals surface area contributed by atoms with Gasteiger partial charge in [-0.25, -0.2) is 0 Å². The van der Waals surface area contributed by atoms with Crippen LogP contribution in [0, 0.1) is 46.3 Å². The van der Waals surface area contributed by atoms with Gasteiger partial charge in [0.2, 0.25) is 5.91 Å². The molecule has 3 saturated carbocycles. The highest BCUT2D eigenvalue weighted by molar-refractivity contribution is 5.81. The summed E-state index contributed by atoms with van der Waals surface area (Å²) in [5.41, 5.74) is 2.41. The molecule has 0 bridgehead atoms. The first-order chi connectivity index (χ1) is 17.5. The Labute approximate surface area is 227 Å². The van der Waals surface area contributed by atoms with Crippen LogP contribution in [0.1, 0.15) is 125 Å². The van der Waals surface area contributed by atoms with Gasteiger partial charge < -0.3 is 10.0 Å². The lowest BCUT2D eigenvalue weighted by molar-refractivity contribution is -0.142. The number of amides is 1. The Balaban J connectivity index is 1.44. The molecule has 0 aliphatic heterocycles. The number of carboxylic acids is 1. The molecule has 37 heavy (non-hydrogen) atoms. The number of carbonyl (C=O) groups is 2. The van der Waals surface area contributed by atoms with Crippen molar-refractivity contribution in [1.82, 2.24) is 4.90 Å². The van der Waals surface area contributed by atoms with Crippen molar-refractivity contribution in [2.45, 2.75) is 131 Å². The number of carbonyl (C=O) groups excluding carboxylic acids is 1. The molecule has 1 amide bonds. The SMILES string of the molecule is CCN(C(=O)CCC(=O)O)[C@H]1CC[C@@]2(C)C(=CC[C@@H]3[C@@H]2CC[C@]2(C)C([C@H](C)CCCC(C)C)CC[C@@H]32)C1. The van der Waals surface area contributed by atoms with Gasteiger partial charge in [-0.2, -0.15) is 0 Å². The van der Waals surface area contributed by atoms with Gasteiger partial charge in [-0.1, -0.05) is 65.5 Å². The first kappa shape index (κ1) is 28.7. The third-order valence-corrected chi connectivity index (χ3v) is 11.9. The number of hydrogen-bond donors (Lipinski definition) is 1. The van der Waals surface area contributed by atoms with E-state index >= 15 is 0 Å². The van der Waals surface area contributed by atoms with Crippen LogP contribution in [0.25, 0.3) is 0 Å². The second kappa shape index (κ2) is 11.4. The van der Waals surface area contributed by atoms with Crippen LogP contribution in [0.3, 0.4) is 0 Å². The van der Waals surface area contributed by atoms with Gasteiger partial charge >= 0.3 is 5.97 Å². The Hall–Kier alpha value is -1.32. The second-order valence-corrected chi connectivity index (χ2v) is 14.3. The van der Waals surface area contributed by atoms with Gasteiger partial charge in [0.05, 0.1) is 6.42 Å². The molecule has 0 aromatic rings. The fourth-order valence-corrected chi connectivity index (χ4v) is 9.93. The molecule has 0 aromatic carbocycles. The third kappa shape index (κ3) is 5.55. The van der Waals surface area contributed by atoms with E-state index in [4.69, 9.17) is 5.11 Å². The van der Waals surface area contributed by atoms with E-state index in [1.165, 1.54) is 57.8 Å². The number of aliphatic carboxylic acids is 1. The number of fused-ring (bicyclic) bond motifs is 5. The van der Waals surface area contributed by atoms with E-state index in [1.54, 1.807) is 5.57 Å². The molecule has 4 nitrogen and oxygen atoms in total. The van der Waals surface area contributed by atoms with Crippen molar-refractivity contribution in [3.63, 3.8) is 0 Å². The molecule has 1 unspecified atom stereocenters.